The molecule has 0 aromatic rings. The Kier molecular flexibility index (Phi) is 12.6. The third-order valence-corrected chi connectivity index (χ3v) is 3.93. The van der Waals surface area contributed by atoms with Crippen LogP contribution in [0.3, 0.4) is 0 Å². The van der Waals surface area contributed by atoms with Crippen LogP contribution in [0.2, 0.25) is 0 Å². The standard InChI is InChI=1S/C15H27N7O7S/c16-7(6-30)12(27)21-8(2-1-3-19-15(17)18)14(29)22-9(4-10(23)24)13(28)20-5-11(25)26/h7-9,30H,1-6,16H2,(H,20,28)(H,21,27)(H,22,29)(H,23,24)(H,25,26)(H4,17,18,19). The summed E-state index contributed by atoms with van der Waals surface area (Å²) in [7, 11) is 0. The number of carboxylic acid groups (broad SMARTS) is 2. The molecule has 0 radical (unpaired) electrons. The molecule has 3 amide bonds. The third kappa shape index (κ3) is 11.7. The highest BCUT2D eigenvalue weighted by Gasteiger charge is 2.29. The number of carbonyl (C=O) groups excluding carboxylic acids is 3. The van der Waals surface area contributed by atoms with Crippen molar-refractivity contribution < 1.29 is 34.2 Å². The Morgan fingerprint density at radius 2 is 1.53 bits per heavy atom. The van der Waals surface area contributed by atoms with Gasteiger partial charge in [0, 0.05) is 12.3 Å². The van der Waals surface area contributed by atoms with Gasteiger partial charge < -0.3 is 43.4 Å². The summed E-state index contributed by atoms with van der Waals surface area (Å²) in [5, 5.41) is 24.2. The number of carbonyl (C=O) groups is 5. The van der Waals surface area contributed by atoms with Gasteiger partial charge >= 0.3 is 11.9 Å². The third-order valence-electron chi connectivity index (χ3n) is 3.54. The van der Waals surface area contributed by atoms with E-state index in [1.165, 1.54) is 0 Å². The van der Waals surface area contributed by atoms with E-state index in [-0.39, 0.29) is 31.1 Å². The number of amides is 3. The summed E-state index contributed by atoms with van der Waals surface area (Å²) < 4.78 is 0. The smallest absolute Gasteiger partial charge is 0.322 e. The Balaban J connectivity index is 5.28. The molecule has 0 bridgehead atoms. The van der Waals surface area contributed by atoms with Crippen molar-refractivity contribution in [2.24, 2.45) is 22.2 Å². The second-order valence-electron chi connectivity index (χ2n) is 6.07. The number of nitrogens with two attached hydrogens (primary N) is 3. The first-order chi connectivity index (χ1) is 14.0. The van der Waals surface area contributed by atoms with E-state index in [0.29, 0.717) is 0 Å². The zero-order valence-electron chi connectivity index (χ0n) is 16.0. The van der Waals surface area contributed by atoms with Crippen LogP contribution in [0.15, 0.2) is 4.99 Å². The first-order valence-corrected chi connectivity index (χ1v) is 9.35. The monoisotopic (exact) mass is 449 g/mol. The number of rotatable bonds is 14. The van der Waals surface area contributed by atoms with Crippen LogP contribution in [-0.4, -0.2) is 82.8 Å². The maximum Gasteiger partial charge on any atom is 0.322 e. The molecule has 15 heteroatoms. The summed E-state index contributed by atoms with van der Waals surface area (Å²) in [6, 6.07) is -3.75. The fourth-order valence-electron chi connectivity index (χ4n) is 2.08. The Bertz CT molecular complexity index is 670. The molecule has 0 saturated heterocycles. The average molecular weight is 449 g/mol. The molecule has 0 aliphatic carbocycles. The Hall–Kier alpha value is -3.07. The van der Waals surface area contributed by atoms with E-state index in [2.05, 4.69) is 28.3 Å². The summed E-state index contributed by atoms with van der Waals surface area (Å²) >= 11 is 3.90. The van der Waals surface area contributed by atoms with Crippen LogP contribution in [0.25, 0.3) is 0 Å². The highest BCUT2D eigenvalue weighted by atomic mass is 32.1. The van der Waals surface area contributed by atoms with Gasteiger partial charge in [0.05, 0.1) is 12.5 Å². The number of aliphatic carboxylic acids is 2. The van der Waals surface area contributed by atoms with E-state index >= 15 is 0 Å². The number of carboxylic acids is 2. The summed E-state index contributed by atoms with van der Waals surface area (Å²) in [6.07, 6.45) is -0.493. The number of hydrogen-bond acceptors (Lipinski definition) is 8. The lowest BCUT2D eigenvalue weighted by molar-refractivity contribution is -0.141. The molecule has 0 aromatic carbocycles. The lowest BCUT2D eigenvalue weighted by Gasteiger charge is -2.23. The van der Waals surface area contributed by atoms with Gasteiger partial charge in [0.2, 0.25) is 17.7 Å². The van der Waals surface area contributed by atoms with Crippen LogP contribution in [0.1, 0.15) is 19.3 Å². The molecule has 11 N–H and O–H groups in total. The minimum atomic E-state index is -1.56. The van der Waals surface area contributed by atoms with Crippen LogP contribution in [0.4, 0.5) is 0 Å². The number of thiol groups is 1. The molecule has 0 fully saturated rings. The predicted molar refractivity (Wildman–Crippen MR) is 108 cm³/mol. The molecule has 3 atom stereocenters. The van der Waals surface area contributed by atoms with Crippen molar-refractivity contribution in [3.05, 3.63) is 0 Å². The summed E-state index contributed by atoms with van der Waals surface area (Å²) in [5.74, 6) is -5.47. The molecule has 0 aliphatic heterocycles. The van der Waals surface area contributed by atoms with E-state index < -0.39 is 60.8 Å². The van der Waals surface area contributed by atoms with Gasteiger partial charge in [-0.15, -0.1) is 0 Å². The van der Waals surface area contributed by atoms with Gasteiger partial charge in [-0.3, -0.25) is 29.0 Å². The Morgan fingerprint density at radius 3 is 2.03 bits per heavy atom. The minimum absolute atomic E-state index is 0.00735. The van der Waals surface area contributed by atoms with Crippen molar-refractivity contribution in [1.82, 2.24) is 16.0 Å². The second-order valence-corrected chi connectivity index (χ2v) is 6.43. The highest BCUT2D eigenvalue weighted by Crippen LogP contribution is 2.02. The number of hydrogen-bond donors (Lipinski definition) is 9. The lowest BCUT2D eigenvalue weighted by atomic mass is 10.1. The molecule has 30 heavy (non-hydrogen) atoms. The first kappa shape index (κ1) is 26.9. The van der Waals surface area contributed by atoms with E-state index in [4.69, 9.17) is 27.4 Å². The van der Waals surface area contributed by atoms with Gasteiger partial charge in [0.15, 0.2) is 5.96 Å². The molecule has 0 spiro atoms. The fourth-order valence-corrected chi connectivity index (χ4v) is 2.24. The maximum atomic E-state index is 12.6. The molecule has 0 aromatic heterocycles. The molecule has 0 rings (SSSR count). The number of guanidine groups is 1. The zero-order chi connectivity index (χ0) is 23.3. The van der Waals surface area contributed by atoms with E-state index in [1.807, 2.05) is 5.32 Å². The molecular formula is C15H27N7O7S. The van der Waals surface area contributed by atoms with Crippen molar-refractivity contribution in [1.29, 1.82) is 0 Å². The summed E-state index contributed by atoms with van der Waals surface area (Å²) in [4.78, 5) is 62.0. The largest absolute Gasteiger partial charge is 0.481 e. The summed E-state index contributed by atoms with van der Waals surface area (Å²) in [5.41, 5.74) is 16.0. The SMILES string of the molecule is NC(N)=NCCCC(NC(=O)C(N)CS)C(=O)NC(CC(=O)O)C(=O)NCC(=O)O. The molecule has 0 aliphatic rings. The van der Waals surface area contributed by atoms with Gasteiger partial charge in [-0.2, -0.15) is 12.6 Å². The Morgan fingerprint density at radius 1 is 0.933 bits per heavy atom. The van der Waals surface area contributed by atoms with Gasteiger partial charge in [-0.05, 0) is 12.8 Å². The highest BCUT2D eigenvalue weighted by molar-refractivity contribution is 7.80. The topological polar surface area (TPSA) is 252 Å². The minimum Gasteiger partial charge on any atom is -0.481 e. The lowest BCUT2D eigenvalue weighted by Crippen LogP contribution is -2.56. The van der Waals surface area contributed by atoms with Gasteiger partial charge in [-0.1, -0.05) is 0 Å². The van der Waals surface area contributed by atoms with Gasteiger partial charge in [-0.25, -0.2) is 0 Å². The predicted octanol–water partition coefficient (Wildman–Crippen LogP) is -4.06. The fraction of sp³-hybridized carbons (Fsp3) is 0.600. The van der Waals surface area contributed by atoms with E-state index in [1.54, 1.807) is 0 Å². The summed E-state index contributed by atoms with van der Waals surface area (Å²) in [6.45, 7) is -0.613. The molecule has 170 valence electrons. The molecule has 0 saturated carbocycles. The van der Waals surface area contributed by atoms with Crippen molar-refractivity contribution in [2.45, 2.75) is 37.4 Å². The van der Waals surface area contributed by atoms with Crippen LogP contribution in [0.5, 0.6) is 0 Å². The quantitative estimate of drug-likeness (QED) is 0.0536. The molecule has 3 unspecified atom stereocenters. The van der Waals surface area contributed by atoms with Gasteiger partial charge in [0.25, 0.3) is 0 Å². The van der Waals surface area contributed by atoms with Crippen molar-refractivity contribution in [3.8, 4) is 0 Å². The van der Waals surface area contributed by atoms with Crippen LogP contribution >= 0.6 is 12.6 Å². The first-order valence-electron chi connectivity index (χ1n) is 8.71. The molecular weight excluding hydrogens is 422 g/mol. The van der Waals surface area contributed by atoms with E-state index in [0.717, 1.165) is 0 Å². The average Bonchev–Trinajstić information content (AvgIpc) is 2.66. The normalized spacial score (nSPS) is 13.3. The number of aliphatic imine (C=N–C) groups is 1. The Labute approximate surface area is 177 Å². The van der Waals surface area contributed by atoms with Crippen LogP contribution < -0.4 is 33.2 Å². The molecule has 14 nitrogen and oxygen atoms in total. The van der Waals surface area contributed by atoms with Crippen molar-refractivity contribution in [3.63, 3.8) is 0 Å². The van der Waals surface area contributed by atoms with Crippen molar-refractivity contribution in [2.75, 3.05) is 18.8 Å². The van der Waals surface area contributed by atoms with Crippen LogP contribution in [0, 0.1) is 0 Å². The number of nitrogens with one attached hydrogen (secondary N) is 3. The van der Waals surface area contributed by atoms with E-state index in [9.17, 15) is 24.0 Å². The maximum absolute atomic E-state index is 12.6. The second kappa shape index (κ2) is 14.0. The molecule has 0 heterocycles. The van der Waals surface area contributed by atoms with Crippen molar-refractivity contribution >= 4 is 48.2 Å². The number of nitrogens with zero attached hydrogens (tertiary/aromatic N) is 1. The zero-order valence-corrected chi connectivity index (χ0v) is 16.9. The van der Waals surface area contributed by atoms with Crippen LogP contribution in [-0.2, 0) is 24.0 Å². The van der Waals surface area contributed by atoms with Gasteiger partial charge in [0.1, 0.15) is 18.6 Å².